The molecule has 6 heterocycles. The zero-order valence-electron chi connectivity index (χ0n) is 35.3. The molecule has 66 heavy (non-hydrogen) atoms. The molecule has 4 aliphatic heterocycles. The Bertz CT molecular complexity index is 2770. The Morgan fingerprint density at radius 1 is 0.621 bits per heavy atom. The fraction of sp³-hybridized carbons (Fsp3) is 0.188. The number of carbonyl (C=O) groups excluding carboxylic acids is 4. The predicted octanol–water partition coefficient (Wildman–Crippen LogP) is 7.69. The van der Waals surface area contributed by atoms with Crippen LogP contribution < -0.4 is 19.3 Å². The third-order valence-corrected chi connectivity index (χ3v) is 12.4. The van der Waals surface area contributed by atoms with E-state index in [1.807, 2.05) is 13.8 Å². The number of amides is 2. The monoisotopic (exact) mass is 928 g/mol. The largest absolute Gasteiger partial charge is 0.508 e. The number of aliphatic hydroxyl groups is 2. The molecule has 10 rings (SSSR count). The third-order valence-electron chi connectivity index (χ3n) is 10.9. The van der Waals surface area contributed by atoms with Gasteiger partial charge in [0.25, 0.3) is 17.5 Å². The maximum absolute atomic E-state index is 13.1. The molecule has 4 aliphatic rings. The Balaban J connectivity index is 0.000000166. The van der Waals surface area contributed by atoms with Gasteiger partial charge >= 0.3 is 11.8 Å². The summed E-state index contributed by atoms with van der Waals surface area (Å²) in [4.78, 5) is 72.0. The number of carbonyl (C=O) groups is 5. The van der Waals surface area contributed by atoms with Gasteiger partial charge in [-0.1, -0.05) is 24.3 Å². The van der Waals surface area contributed by atoms with Gasteiger partial charge in [0.2, 0.25) is 0 Å². The van der Waals surface area contributed by atoms with E-state index in [1.165, 1.54) is 56.7 Å². The van der Waals surface area contributed by atoms with E-state index < -0.39 is 41.4 Å². The second-order valence-electron chi connectivity index (χ2n) is 15.6. The highest BCUT2D eigenvalue weighted by Crippen LogP contribution is 2.46. The van der Waals surface area contributed by atoms with Crippen LogP contribution in [0, 0.1) is 0 Å². The van der Waals surface area contributed by atoms with Gasteiger partial charge in [-0.3, -0.25) is 33.8 Å². The Hall–Kier alpha value is -7.83. The Morgan fingerprint density at radius 3 is 1.36 bits per heavy atom. The van der Waals surface area contributed by atoms with Crippen LogP contribution in [0.4, 0.5) is 10.3 Å². The molecule has 0 aliphatic carbocycles. The summed E-state index contributed by atoms with van der Waals surface area (Å²) >= 11 is 2.43. The van der Waals surface area contributed by atoms with Crippen LogP contribution in [0.5, 0.6) is 23.0 Å². The first kappa shape index (κ1) is 44.8. The van der Waals surface area contributed by atoms with Gasteiger partial charge in [-0.2, -0.15) is 0 Å². The van der Waals surface area contributed by atoms with E-state index in [1.54, 1.807) is 83.8 Å². The van der Waals surface area contributed by atoms with Crippen molar-refractivity contribution < 1.29 is 59.0 Å². The molecule has 0 bridgehead atoms. The van der Waals surface area contributed by atoms with E-state index in [2.05, 4.69) is 9.97 Å². The fourth-order valence-corrected chi connectivity index (χ4v) is 9.53. The van der Waals surface area contributed by atoms with Crippen LogP contribution in [0.1, 0.15) is 66.2 Å². The molecule has 0 spiro atoms. The molecule has 2 fully saturated rings. The summed E-state index contributed by atoms with van der Waals surface area (Å²) < 4.78 is 11.4. The molecule has 2 amide bonds. The molecule has 2 saturated heterocycles. The van der Waals surface area contributed by atoms with E-state index in [4.69, 9.17) is 19.4 Å². The molecule has 336 valence electrons. The lowest BCUT2D eigenvalue weighted by Gasteiger charge is -2.23. The lowest BCUT2D eigenvalue weighted by atomic mass is 9.94. The summed E-state index contributed by atoms with van der Waals surface area (Å²) in [5.74, 6) is -3.05. The normalized spacial score (nSPS) is 21.0. The lowest BCUT2D eigenvalue weighted by molar-refractivity contribution is -0.134. The summed E-state index contributed by atoms with van der Waals surface area (Å²) in [6.07, 6.45) is 4.55. The maximum atomic E-state index is 13.1. The molecule has 6 aromatic rings. The van der Waals surface area contributed by atoms with Crippen LogP contribution >= 0.6 is 22.7 Å². The summed E-state index contributed by atoms with van der Waals surface area (Å²) in [6.45, 7) is 5.00. The van der Waals surface area contributed by atoms with Crippen LogP contribution in [0.3, 0.4) is 0 Å². The van der Waals surface area contributed by atoms with Crippen LogP contribution in [0.25, 0.3) is 11.5 Å². The number of nitrogens with zero attached hydrogens (tertiary/aromatic N) is 4. The van der Waals surface area contributed by atoms with Crippen LogP contribution in [0.15, 0.2) is 119 Å². The number of carboxylic acids is 1. The minimum atomic E-state index is -0.915. The van der Waals surface area contributed by atoms with Crippen LogP contribution in [-0.2, 0) is 36.8 Å². The van der Waals surface area contributed by atoms with Gasteiger partial charge < -0.3 is 35.0 Å². The summed E-state index contributed by atoms with van der Waals surface area (Å²) in [7, 11) is 0. The van der Waals surface area contributed by atoms with E-state index in [0.717, 1.165) is 29.5 Å². The number of phenolic OH excluding ortho intramolecular Hbond substituents is 2. The van der Waals surface area contributed by atoms with Crippen LogP contribution in [-0.4, -0.2) is 77.1 Å². The summed E-state index contributed by atoms with van der Waals surface area (Å²) in [5, 5.41) is 53.9. The maximum Gasteiger partial charge on any atom is 0.301 e. The number of ketones is 2. The van der Waals surface area contributed by atoms with Crippen molar-refractivity contribution in [2.75, 3.05) is 9.80 Å². The lowest BCUT2D eigenvalue weighted by Crippen LogP contribution is -2.29. The Kier molecular flexibility index (Phi) is 12.4. The van der Waals surface area contributed by atoms with Gasteiger partial charge in [-0.15, -0.1) is 22.7 Å². The van der Waals surface area contributed by atoms with Gasteiger partial charge in [-0.05, 0) is 96.8 Å². The number of aliphatic carboxylic acids is 1. The number of rotatable bonds is 6. The molecule has 4 atom stereocenters. The molecule has 4 unspecified atom stereocenters. The molecule has 4 aromatic carbocycles. The number of carboxylic acid groups (broad SMARTS) is 1. The summed E-state index contributed by atoms with van der Waals surface area (Å²) in [6, 6.07) is 21.2. The van der Waals surface area contributed by atoms with E-state index in [9.17, 15) is 39.6 Å². The number of aromatic nitrogens is 2. The zero-order valence-corrected chi connectivity index (χ0v) is 36.9. The number of hydrogen-bond acceptors (Lipinski definition) is 15. The van der Waals surface area contributed by atoms with Crippen molar-refractivity contribution in [1.29, 1.82) is 0 Å². The predicted molar refractivity (Wildman–Crippen MR) is 244 cm³/mol. The number of aliphatic hydroxyl groups excluding tert-OH is 2. The smallest absolute Gasteiger partial charge is 0.301 e. The first-order valence-electron chi connectivity index (χ1n) is 20.4. The number of anilines is 2. The van der Waals surface area contributed by atoms with Gasteiger partial charge in [0.15, 0.2) is 10.3 Å². The quantitative estimate of drug-likeness (QED) is 0.0612. The molecular formula is C48H40N4O12S2. The standard InChI is InChI=1S/2C23H18N2O5S.C2H4O2/c2*1-12-9-15-10-14(5-6-17(15)30-12)20(27)18-19(13-3-2-4-16(26)11-13)25(22(29)21(18)28)23-24-7-8-31-23;1-2(3)4/h2*2-8,10-12,19,26-27H,9H2,1H3;1H3,(H,3,4). The molecule has 2 aromatic heterocycles. The highest BCUT2D eigenvalue weighted by Gasteiger charge is 2.49. The van der Waals surface area contributed by atoms with Crippen molar-refractivity contribution in [3.05, 3.63) is 153 Å². The molecule has 5 N–H and O–H groups in total. The number of fused-ring (bicyclic) bond motifs is 2. The first-order valence-corrected chi connectivity index (χ1v) is 22.2. The third kappa shape index (κ3) is 8.70. The van der Waals surface area contributed by atoms with Crippen LogP contribution in [0.2, 0.25) is 0 Å². The van der Waals surface area contributed by atoms with Crippen molar-refractivity contribution in [3.8, 4) is 23.0 Å². The Morgan fingerprint density at radius 2 is 1.02 bits per heavy atom. The van der Waals surface area contributed by atoms with Gasteiger partial charge in [-0.25, -0.2) is 9.97 Å². The van der Waals surface area contributed by atoms with Crippen molar-refractivity contribution >= 4 is 73.8 Å². The average Bonchev–Trinajstić information content (AvgIpc) is 4.15. The van der Waals surface area contributed by atoms with E-state index >= 15 is 0 Å². The molecule has 0 saturated carbocycles. The number of benzene rings is 4. The number of ether oxygens (including phenoxy) is 2. The first-order chi connectivity index (χ1) is 31.6. The molecule has 18 heteroatoms. The van der Waals surface area contributed by atoms with Crippen molar-refractivity contribution in [2.45, 2.75) is 57.9 Å². The molecule has 16 nitrogen and oxygen atoms in total. The molecular weight excluding hydrogens is 889 g/mol. The molecule has 0 radical (unpaired) electrons. The minimum absolute atomic E-state index is 0.00843. The van der Waals surface area contributed by atoms with Crippen molar-refractivity contribution in [3.63, 3.8) is 0 Å². The SMILES string of the molecule is CC(=O)O.CC1Cc2cc(C(O)=C3C(=O)C(=O)N(c4nccs4)C3c3cccc(O)c3)ccc2O1.CC1Cc2cc(C(O)=C3C(=O)C(=O)N(c4nccs4)C3c3cccc(O)c3)ccc2O1. The van der Waals surface area contributed by atoms with Gasteiger partial charge in [0, 0.05) is 54.0 Å². The number of phenols is 2. The van der Waals surface area contributed by atoms with Gasteiger partial charge in [0.05, 0.1) is 23.2 Å². The van der Waals surface area contributed by atoms with E-state index in [-0.39, 0.29) is 46.4 Å². The van der Waals surface area contributed by atoms with E-state index in [0.29, 0.717) is 45.4 Å². The second kappa shape index (κ2) is 18.3. The topological polar surface area (TPSA) is 237 Å². The minimum Gasteiger partial charge on any atom is -0.508 e. The number of hydrogen-bond donors (Lipinski definition) is 5. The van der Waals surface area contributed by atoms with Gasteiger partial charge in [0.1, 0.15) is 46.7 Å². The van der Waals surface area contributed by atoms with Crippen molar-refractivity contribution in [2.24, 2.45) is 0 Å². The average molecular weight is 929 g/mol. The zero-order chi connectivity index (χ0) is 47.0. The van der Waals surface area contributed by atoms with Crippen molar-refractivity contribution in [1.82, 2.24) is 9.97 Å². The Labute approximate surface area is 384 Å². The summed E-state index contributed by atoms with van der Waals surface area (Å²) in [5.41, 5.74) is 3.62. The number of thiazole rings is 2. The second-order valence-corrected chi connectivity index (χ2v) is 17.3. The highest BCUT2D eigenvalue weighted by molar-refractivity contribution is 7.14. The highest BCUT2D eigenvalue weighted by atomic mass is 32.1. The fourth-order valence-electron chi connectivity index (χ4n) is 8.20. The number of Topliss-reactive ketones (excluding diaryl/α,β-unsaturated/α-hetero) is 2. The number of aromatic hydroxyl groups is 2.